The highest BCUT2D eigenvalue weighted by Gasteiger charge is 2.28. The molecule has 6 nitrogen and oxygen atoms in total. The first-order chi connectivity index (χ1) is 11.1. The average molecular weight is 334 g/mol. The summed E-state index contributed by atoms with van der Waals surface area (Å²) < 4.78 is 28.8. The number of aryl methyl sites for hydroxylation is 1. The van der Waals surface area contributed by atoms with Gasteiger partial charge in [0.05, 0.1) is 11.4 Å². The Balaban J connectivity index is 1.56. The second-order valence-corrected chi connectivity index (χ2v) is 7.77. The van der Waals surface area contributed by atoms with Crippen LogP contribution in [0.1, 0.15) is 5.56 Å². The number of hydrogen-bond acceptors (Lipinski definition) is 4. The maximum Gasteiger partial charge on any atom is 0.243 e. The molecule has 0 bridgehead atoms. The van der Waals surface area contributed by atoms with Crippen LogP contribution in [0.2, 0.25) is 0 Å². The number of benzene rings is 1. The van der Waals surface area contributed by atoms with Crippen LogP contribution >= 0.6 is 0 Å². The Morgan fingerprint density at radius 1 is 1.04 bits per heavy atom. The molecular formula is C16H22N4O2S. The van der Waals surface area contributed by atoms with Crippen LogP contribution in [0.5, 0.6) is 0 Å². The summed E-state index contributed by atoms with van der Waals surface area (Å²) in [6.07, 6.45) is 3.71. The number of sulfonamides is 1. The maximum atomic E-state index is 12.6. The molecule has 1 saturated heterocycles. The second-order valence-electron chi connectivity index (χ2n) is 5.83. The summed E-state index contributed by atoms with van der Waals surface area (Å²) in [5, 5.41) is 4.19. The molecule has 2 heterocycles. The van der Waals surface area contributed by atoms with Crippen LogP contribution < -0.4 is 0 Å². The Labute approximate surface area is 137 Å². The van der Waals surface area contributed by atoms with Gasteiger partial charge in [-0.3, -0.25) is 9.58 Å². The van der Waals surface area contributed by atoms with Gasteiger partial charge in [-0.05, 0) is 25.1 Å². The van der Waals surface area contributed by atoms with Crippen LogP contribution in [0.25, 0.3) is 0 Å². The third-order valence-corrected chi connectivity index (χ3v) is 6.11. The van der Waals surface area contributed by atoms with Crippen LogP contribution in [-0.2, 0) is 16.6 Å². The van der Waals surface area contributed by atoms with Gasteiger partial charge in [-0.2, -0.15) is 9.40 Å². The highest BCUT2D eigenvalue weighted by molar-refractivity contribution is 7.89. The zero-order valence-corrected chi connectivity index (χ0v) is 14.1. The number of rotatable bonds is 5. The molecule has 1 aliphatic heterocycles. The van der Waals surface area contributed by atoms with E-state index < -0.39 is 10.0 Å². The molecule has 3 rings (SSSR count). The van der Waals surface area contributed by atoms with E-state index in [4.69, 9.17) is 0 Å². The Morgan fingerprint density at radius 3 is 2.35 bits per heavy atom. The van der Waals surface area contributed by atoms with Crippen LogP contribution in [0.4, 0.5) is 0 Å². The molecule has 1 aromatic heterocycles. The van der Waals surface area contributed by atoms with Crippen molar-refractivity contribution in [3.8, 4) is 0 Å². The second kappa shape index (κ2) is 6.82. The lowest BCUT2D eigenvalue weighted by Gasteiger charge is -2.33. The lowest BCUT2D eigenvalue weighted by Crippen LogP contribution is -2.49. The Kier molecular flexibility index (Phi) is 4.79. The van der Waals surface area contributed by atoms with Gasteiger partial charge in [0, 0.05) is 45.1 Å². The van der Waals surface area contributed by atoms with E-state index in [2.05, 4.69) is 10.00 Å². The van der Waals surface area contributed by atoms with E-state index in [9.17, 15) is 8.42 Å². The third-order valence-electron chi connectivity index (χ3n) is 4.19. The maximum absolute atomic E-state index is 12.6. The smallest absolute Gasteiger partial charge is 0.243 e. The van der Waals surface area contributed by atoms with Gasteiger partial charge in [-0.1, -0.05) is 17.7 Å². The van der Waals surface area contributed by atoms with E-state index >= 15 is 0 Å². The van der Waals surface area contributed by atoms with Gasteiger partial charge in [-0.25, -0.2) is 8.42 Å². The minimum absolute atomic E-state index is 0.382. The number of hydrogen-bond donors (Lipinski definition) is 0. The summed E-state index contributed by atoms with van der Waals surface area (Å²) in [7, 11) is -3.37. The molecule has 2 aromatic rings. The van der Waals surface area contributed by atoms with Crippen molar-refractivity contribution in [1.82, 2.24) is 19.0 Å². The zero-order chi connectivity index (χ0) is 16.3. The van der Waals surface area contributed by atoms with Crippen molar-refractivity contribution in [3.05, 3.63) is 48.3 Å². The van der Waals surface area contributed by atoms with Crippen LogP contribution in [0.3, 0.4) is 0 Å². The Hall–Kier alpha value is -1.70. The van der Waals surface area contributed by atoms with E-state index in [1.54, 1.807) is 22.6 Å². The molecule has 0 atom stereocenters. The first-order valence-corrected chi connectivity index (χ1v) is 9.26. The van der Waals surface area contributed by atoms with Crippen molar-refractivity contribution in [2.75, 3.05) is 32.7 Å². The monoisotopic (exact) mass is 334 g/mol. The molecule has 0 unspecified atom stereocenters. The lowest BCUT2D eigenvalue weighted by molar-refractivity contribution is 0.181. The van der Waals surface area contributed by atoms with Gasteiger partial charge in [0.25, 0.3) is 0 Å². The van der Waals surface area contributed by atoms with Gasteiger partial charge in [-0.15, -0.1) is 0 Å². The van der Waals surface area contributed by atoms with Crippen molar-refractivity contribution in [3.63, 3.8) is 0 Å². The van der Waals surface area contributed by atoms with Gasteiger partial charge < -0.3 is 0 Å². The van der Waals surface area contributed by atoms with Gasteiger partial charge >= 0.3 is 0 Å². The molecule has 7 heteroatoms. The quantitative estimate of drug-likeness (QED) is 0.824. The topological polar surface area (TPSA) is 58.4 Å². The third kappa shape index (κ3) is 3.80. The zero-order valence-electron chi connectivity index (χ0n) is 13.3. The van der Waals surface area contributed by atoms with Crippen molar-refractivity contribution < 1.29 is 8.42 Å². The molecule has 0 spiro atoms. The van der Waals surface area contributed by atoms with E-state index in [1.165, 1.54) is 0 Å². The minimum atomic E-state index is -3.37. The average Bonchev–Trinajstić information content (AvgIpc) is 3.07. The number of nitrogens with zero attached hydrogens (tertiary/aromatic N) is 4. The van der Waals surface area contributed by atoms with Crippen molar-refractivity contribution in [2.24, 2.45) is 0 Å². The van der Waals surface area contributed by atoms with E-state index in [-0.39, 0.29) is 0 Å². The normalized spacial score (nSPS) is 17.4. The van der Waals surface area contributed by atoms with Crippen LogP contribution in [-0.4, -0.2) is 60.1 Å². The molecule has 0 N–H and O–H groups in total. The Bertz CT molecular complexity index is 718. The molecule has 1 aromatic carbocycles. The molecule has 1 aliphatic rings. The summed E-state index contributed by atoms with van der Waals surface area (Å²) in [4.78, 5) is 2.66. The summed E-state index contributed by atoms with van der Waals surface area (Å²) in [6, 6.07) is 8.97. The number of aromatic nitrogens is 2. The van der Waals surface area contributed by atoms with Gasteiger partial charge in [0.15, 0.2) is 0 Å². The largest absolute Gasteiger partial charge is 0.299 e. The summed E-state index contributed by atoms with van der Waals surface area (Å²) in [6.45, 7) is 6.26. The van der Waals surface area contributed by atoms with E-state index in [0.717, 1.165) is 31.7 Å². The van der Waals surface area contributed by atoms with E-state index in [1.807, 2.05) is 36.0 Å². The molecule has 0 amide bonds. The predicted molar refractivity (Wildman–Crippen MR) is 88.6 cm³/mol. The SMILES string of the molecule is Cc1ccc(S(=O)(=O)N2CCN(CCn3cccn3)CC2)cc1. The van der Waals surface area contributed by atoms with Crippen LogP contribution in [0.15, 0.2) is 47.6 Å². The minimum Gasteiger partial charge on any atom is -0.299 e. The summed E-state index contributed by atoms with van der Waals surface area (Å²) in [5.41, 5.74) is 1.06. The molecular weight excluding hydrogens is 312 g/mol. The fraction of sp³-hybridized carbons (Fsp3) is 0.438. The van der Waals surface area contributed by atoms with Crippen molar-refractivity contribution in [1.29, 1.82) is 0 Å². The predicted octanol–water partition coefficient (Wildman–Crippen LogP) is 1.20. The molecule has 0 saturated carbocycles. The fourth-order valence-electron chi connectivity index (χ4n) is 2.73. The molecule has 0 radical (unpaired) electrons. The highest BCUT2D eigenvalue weighted by Crippen LogP contribution is 2.18. The summed E-state index contributed by atoms with van der Waals surface area (Å²) >= 11 is 0. The molecule has 1 fully saturated rings. The fourth-order valence-corrected chi connectivity index (χ4v) is 4.15. The van der Waals surface area contributed by atoms with E-state index in [0.29, 0.717) is 18.0 Å². The first kappa shape index (κ1) is 16.2. The molecule has 0 aliphatic carbocycles. The lowest BCUT2D eigenvalue weighted by atomic mass is 10.2. The van der Waals surface area contributed by atoms with Crippen molar-refractivity contribution in [2.45, 2.75) is 18.4 Å². The highest BCUT2D eigenvalue weighted by atomic mass is 32.2. The number of piperazine rings is 1. The van der Waals surface area contributed by atoms with Crippen LogP contribution in [0, 0.1) is 6.92 Å². The van der Waals surface area contributed by atoms with Gasteiger partial charge in [0.1, 0.15) is 0 Å². The first-order valence-electron chi connectivity index (χ1n) is 7.82. The Morgan fingerprint density at radius 2 is 1.74 bits per heavy atom. The standard InChI is InChI=1S/C16H22N4O2S/c1-15-3-5-16(6-4-15)23(21,22)20-13-10-18(11-14-20)9-12-19-8-2-7-17-19/h2-8H,9-14H2,1H3. The van der Waals surface area contributed by atoms with Crippen molar-refractivity contribution >= 4 is 10.0 Å². The molecule has 124 valence electrons. The van der Waals surface area contributed by atoms with Gasteiger partial charge in [0.2, 0.25) is 10.0 Å². The summed E-state index contributed by atoms with van der Waals surface area (Å²) in [5.74, 6) is 0. The molecule has 23 heavy (non-hydrogen) atoms.